The van der Waals surface area contributed by atoms with Crippen molar-refractivity contribution < 1.29 is 43.7 Å². The minimum atomic E-state index is -4.95. The van der Waals surface area contributed by atoms with Crippen LogP contribution in [0.25, 0.3) is 0 Å². The van der Waals surface area contributed by atoms with E-state index in [4.69, 9.17) is 24.0 Å². The number of rotatable bonds is 8. The van der Waals surface area contributed by atoms with E-state index >= 15 is 0 Å². The molecule has 4 rings (SSSR count). The molecule has 5 N–H and O–H groups in total. The second-order valence-electron chi connectivity index (χ2n) is 8.48. The number of ether oxygens (including phenoxy) is 2. The summed E-state index contributed by atoms with van der Waals surface area (Å²) >= 11 is 0. The second-order valence-corrected chi connectivity index (χ2v) is 9.89. The number of aryl methyl sites for hydroxylation is 1. The van der Waals surface area contributed by atoms with Crippen molar-refractivity contribution in [2.45, 2.75) is 63.5 Å². The van der Waals surface area contributed by atoms with Gasteiger partial charge in [-0.05, 0) is 13.8 Å². The molecular formula is C20H27N4O12P. The Bertz CT molecular complexity index is 1590. The lowest BCUT2D eigenvalue weighted by Crippen LogP contribution is -2.33. The smallest absolute Gasteiger partial charge is 0.394 e. The monoisotopic (exact) mass is 550 g/mol. The highest BCUT2D eigenvalue weighted by Crippen LogP contribution is 2.48. The van der Waals surface area contributed by atoms with E-state index in [1.165, 1.54) is 13.1 Å². The average Bonchev–Trinajstić information content (AvgIpc) is 3.41. The Morgan fingerprint density at radius 3 is 2.41 bits per heavy atom. The summed E-state index contributed by atoms with van der Waals surface area (Å²) in [5, 5.41) is 20.0. The van der Waals surface area contributed by atoms with E-state index in [0.717, 1.165) is 4.57 Å². The molecule has 0 amide bonds. The van der Waals surface area contributed by atoms with Crippen molar-refractivity contribution in [1.82, 2.24) is 19.1 Å². The van der Waals surface area contributed by atoms with Gasteiger partial charge in [-0.3, -0.25) is 37.7 Å². The zero-order chi connectivity index (χ0) is 30.4. The molecule has 17 heteroatoms. The fraction of sp³-hybridized carbons (Fsp3) is 0.600. The Morgan fingerprint density at radius 1 is 1.11 bits per heavy atom. The molecule has 0 aromatic carbocycles. The fourth-order valence-electron chi connectivity index (χ4n) is 3.98. The minimum absolute atomic E-state index is 0.109. The van der Waals surface area contributed by atoms with Gasteiger partial charge in [-0.2, -0.15) is 0 Å². The molecule has 2 fully saturated rings. The number of H-pyrrole nitrogens is 2. The molecule has 1 unspecified atom stereocenters. The zero-order valence-corrected chi connectivity index (χ0v) is 20.1. The van der Waals surface area contributed by atoms with E-state index in [0.29, 0.717) is 4.57 Å². The van der Waals surface area contributed by atoms with Gasteiger partial charge in [0.15, 0.2) is 0 Å². The highest BCUT2D eigenvalue weighted by atomic mass is 31.2. The van der Waals surface area contributed by atoms with Crippen LogP contribution in [0.2, 0.25) is 0 Å². The predicted molar refractivity (Wildman–Crippen MR) is 123 cm³/mol. The molecule has 2 aliphatic heterocycles. The molecular weight excluding hydrogens is 519 g/mol. The number of nitrogens with one attached hydrogen (secondary N) is 2. The van der Waals surface area contributed by atoms with Gasteiger partial charge in [-0.1, -0.05) is 0 Å². The third-order valence-corrected chi connectivity index (χ3v) is 6.89. The third-order valence-electron chi connectivity index (χ3n) is 5.88. The molecule has 2 aromatic heterocycles. The van der Waals surface area contributed by atoms with Crippen LogP contribution in [0, 0.1) is 13.8 Å². The third kappa shape index (κ3) is 5.91. The Hall–Kier alpha value is -2.69. The number of nitrogens with zero attached hydrogens (tertiary/aromatic N) is 2. The number of phosphoric acid groups is 1. The highest BCUT2D eigenvalue weighted by molar-refractivity contribution is 7.47. The van der Waals surface area contributed by atoms with Gasteiger partial charge >= 0.3 is 19.2 Å². The number of aromatic amines is 2. The van der Waals surface area contributed by atoms with E-state index in [-0.39, 0.29) is 12.0 Å². The molecule has 16 nitrogen and oxygen atoms in total. The lowest BCUT2D eigenvalue weighted by Gasteiger charge is -2.22. The SMILES string of the molecule is [2H]c1c(C([2H])([2H])[2H])c(=O)[nH]c(=O)n1[C@H]1C[C@@H](OP(=O)(O)OC[C@H]2O[C@@H](n3cc(C)c(=O)[nH]c3=O)C[C@H]2O)[C@@H](CO)O1. The zero-order valence-electron chi connectivity index (χ0n) is 23.2. The van der Waals surface area contributed by atoms with Crippen LogP contribution in [0.5, 0.6) is 0 Å². The molecule has 0 radical (unpaired) electrons. The van der Waals surface area contributed by atoms with Crippen molar-refractivity contribution in [3.63, 3.8) is 0 Å². The van der Waals surface area contributed by atoms with Crippen LogP contribution in [0.3, 0.4) is 0 Å². The van der Waals surface area contributed by atoms with Crippen molar-refractivity contribution in [1.29, 1.82) is 0 Å². The topological polar surface area (TPSA) is 224 Å². The Morgan fingerprint density at radius 2 is 1.73 bits per heavy atom. The van der Waals surface area contributed by atoms with Gasteiger partial charge in [-0.15, -0.1) is 0 Å². The number of phosphoric ester groups is 1. The Balaban J connectivity index is 1.44. The van der Waals surface area contributed by atoms with Crippen LogP contribution in [0.15, 0.2) is 31.5 Å². The molecule has 4 heterocycles. The maximum atomic E-state index is 12.7. The van der Waals surface area contributed by atoms with Crippen LogP contribution in [-0.4, -0.2) is 71.8 Å². The van der Waals surface area contributed by atoms with Gasteiger partial charge < -0.3 is 24.6 Å². The van der Waals surface area contributed by atoms with Crippen molar-refractivity contribution >= 4 is 7.82 Å². The maximum Gasteiger partial charge on any atom is 0.472 e. The molecule has 0 bridgehead atoms. The maximum absolute atomic E-state index is 12.7. The van der Waals surface area contributed by atoms with Crippen LogP contribution in [-0.2, 0) is 23.1 Å². The summed E-state index contributed by atoms with van der Waals surface area (Å²) in [7, 11) is -4.95. The summed E-state index contributed by atoms with van der Waals surface area (Å²) in [6.07, 6.45) is -7.90. The molecule has 204 valence electrons. The summed E-state index contributed by atoms with van der Waals surface area (Å²) in [5.74, 6) is 0. The quantitative estimate of drug-likeness (QED) is 0.228. The van der Waals surface area contributed by atoms with E-state index in [2.05, 4.69) is 4.98 Å². The number of hydrogen-bond acceptors (Lipinski definition) is 11. The molecule has 2 saturated heterocycles. The van der Waals surface area contributed by atoms with E-state index in [1.807, 2.05) is 0 Å². The lowest BCUT2D eigenvalue weighted by molar-refractivity contribution is -0.0576. The summed E-state index contributed by atoms with van der Waals surface area (Å²) < 4.78 is 65.9. The van der Waals surface area contributed by atoms with Crippen LogP contribution in [0.4, 0.5) is 0 Å². The molecule has 0 saturated carbocycles. The van der Waals surface area contributed by atoms with Crippen LogP contribution < -0.4 is 22.5 Å². The van der Waals surface area contributed by atoms with Crippen molar-refractivity contribution in [2.75, 3.05) is 13.2 Å². The summed E-state index contributed by atoms with van der Waals surface area (Å²) in [6.45, 7) is -3.04. The van der Waals surface area contributed by atoms with Crippen molar-refractivity contribution in [3.8, 4) is 0 Å². The molecule has 2 aromatic rings. The first-order chi connectivity index (χ1) is 19.0. The summed E-state index contributed by atoms with van der Waals surface area (Å²) in [5.41, 5.74) is -4.61. The van der Waals surface area contributed by atoms with Crippen molar-refractivity contribution in [3.05, 3.63) is 65.2 Å². The van der Waals surface area contributed by atoms with Gasteiger partial charge in [0, 0.05) is 40.5 Å². The van der Waals surface area contributed by atoms with Gasteiger partial charge in [0.1, 0.15) is 30.8 Å². The molecule has 2 aliphatic rings. The normalized spacial score (nSPS) is 31.4. The number of aliphatic hydroxyl groups excluding tert-OH is 2. The molecule has 7 atom stereocenters. The summed E-state index contributed by atoms with van der Waals surface area (Å²) in [4.78, 5) is 62.3. The molecule has 0 spiro atoms. The Kier molecular flexibility index (Phi) is 6.38. The minimum Gasteiger partial charge on any atom is -0.394 e. The van der Waals surface area contributed by atoms with E-state index in [1.54, 1.807) is 4.98 Å². The predicted octanol–water partition coefficient (Wildman–Crippen LogP) is -1.87. The largest absolute Gasteiger partial charge is 0.472 e. The summed E-state index contributed by atoms with van der Waals surface area (Å²) in [6, 6.07) is 0. The van der Waals surface area contributed by atoms with Crippen LogP contribution in [0.1, 0.15) is 41.9 Å². The number of aliphatic hydroxyl groups is 2. The lowest BCUT2D eigenvalue weighted by atomic mass is 10.2. The second kappa shape index (κ2) is 10.6. The molecule has 37 heavy (non-hydrogen) atoms. The number of hydrogen-bond donors (Lipinski definition) is 5. The molecule has 0 aliphatic carbocycles. The van der Waals surface area contributed by atoms with Gasteiger partial charge in [0.05, 0.1) is 20.7 Å². The first-order valence-corrected chi connectivity index (χ1v) is 12.5. The van der Waals surface area contributed by atoms with Crippen molar-refractivity contribution in [2.24, 2.45) is 0 Å². The standard InChI is InChI=1S/C20H27N4O12P/c1-9-5-23(19(29)21-17(9)27)15-3-11(26)14(35-15)8-33-37(31,32)36-12-4-16(34-13(12)7-25)24-6-10(2)18(28)22-20(24)30/h5-6,11-16,25-26H,3-4,7-8H2,1-2H3,(H,31,32)(H,21,27,29)(H,22,28,30)/t11-,12-,13-,14-,15-,16-/m1/s1/i2D3,6D. The van der Waals surface area contributed by atoms with Gasteiger partial charge in [-0.25, -0.2) is 14.2 Å². The van der Waals surface area contributed by atoms with Gasteiger partial charge in [0.2, 0.25) is 0 Å². The first-order valence-electron chi connectivity index (χ1n) is 13.0. The van der Waals surface area contributed by atoms with Crippen LogP contribution >= 0.6 is 7.82 Å². The average molecular weight is 550 g/mol. The van der Waals surface area contributed by atoms with Gasteiger partial charge in [0.25, 0.3) is 11.1 Å². The Labute approximate surface area is 213 Å². The van der Waals surface area contributed by atoms with E-state index < -0.39 is 105 Å². The fourth-order valence-corrected chi connectivity index (χ4v) is 4.94. The first kappa shape index (κ1) is 22.3. The van der Waals surface area contributed by atoms with E-state index in [9.17, 15) is 38.8 Å². The number of aromatic nitrogens is 4. The highest BCUT2D eigenvalue weighted by Gasteiger charge is 2.43.